The summed E-state index contributed by atoms with van der Waals surface area (Å²) in [6.07, 6.45) is 4.96. The van der Waals surface area contributed by atoms with Gasteiger partial charge >= 0.3 is 0 Å². The first-order valence-electron chi connectivity index (χ1n) is 6.79. The Morgan fingerprint density at radius 3 is 2.72 bits per heavy atom. The Bertz CT molecular complexity index is 360. The Kier molecular flexibility index (Phi) is 6.50. The van der Waals surface area contributed by atoms with Gasteiger partial charge in [0.25, 0.3) is 5.91 Å². The molecule has 4 heteroatoms. The molecule has 1 N–H and O–H groups in total. The molecule has 18 heavy (non-hydrogen) atoms. The van der Waals surface area contributed by atoms with E-state index in [0.717, 1.165) is 31.5 Å². The van der Waals surface area contributed by atoms with Crippen LogP contribution in [0.3, 0.4) is 0 Å². The molecule has 102 valence electrons. The lowest BCUT2D eigenvalue weighted by atomic mass is 10.2. The molecular weight excluding hydrogens is 228 g/mol. The molecule has 0 spiro atoms. The van der Waals surface area contributed by atoms with Crippen molar-refractivity contribution in [3.63, 3.8) is 0 Å². The molecule has 1 aromatic heterocycles. The highest BCUT2D eigenvalue weighted by Crippen LogP contribution is 2.09. The highest BCUT2D eigenvalue weighted by Gasteiger charge is 2.17. The fraction of sp³-hybridized carbons (Fsp3) is 0.643. The lowest BCUT2D eigenvalue weighted by Crippen LogP contribution is -2.35. The van der Waals surface area contributed by atoms with Crippen molar-refractivity contribution in [3.8, 4) is 0 Å². The second kappa shape index (κ2) is 7.93. The average Bonchev–Trinajstić information content (AvgIpc) is 2.82. The van der Waals surface area contributed by atoms with Gasteiger partial charge in [-0.25, -0.2) is 0 Å². The van der Waals surface area contributed by atoms with Gasteiger partial charge in [0, 0.05) is 25.8 Å². The number of amides is 1. The number of aliphatic hydroxyl groups is 1. The molecule has 1 amide bonds. The number of rotatable bonds is 8. The van der Waals surface area contributed by atoms with Gasteiger partial charge in [0.05, 0.1) is 6.61 Å². The van der Waals surface area contributed by atoms with Crippen molar-refractivity contribution in [1.82, 2.24) is 9.47 Å². The second-order valence-electron chi connectivity index (χ2n) is 4.46. The molecule has 1 heterocycles. The second-order valence-corrected chi connectivity index (χ2v) is 4.46. The average molecular weight is 252 g/mol. The first-order valence-corrected chi connectivity index (χ1v) is 6.79. The van der Waals surface area contributed by atoms with E-state index >= 15 is 0 Å². The highest BCUT2D eigenvalue weighted by molar-refractivity contribution is 5.92. The molecule has 0 bridgehead atoms. The van der Waals surface area contributed by atoms with E-state index in [1.165, 1.54) is 0 Å². The topological polar surface area (TPSA) is 45.5 Å². The zero-order valence-electron chi connectivity index (χ0n) is 11.4. The Morgan fingerprint density at radius 1 is 1.33 bits per heavy atom. The highest BCUT2D eigenvalue weighted by atomic mass is 16.3. The van der Waals surface area contributed by atoms with Gasteiger partial charge in [-0.2, -0.15) is 0 Å². The van der Waals surface area contributed by atoms with Gasteiger partial charge in [-0.15, -0.1) is 0 Å². The fourth-order valence-corrected chi connectivity index (χ4v) is 1.99. The lowest BCUT2D eigenvalue weighted by molar-refractivity contribution is 0.0708. The summed E-state index contributed by atoms with van der Waals surface area (Å²) in [7, 11) is 0. The number of unbranched alkanes of at least 4 members (excludes halogenated alkanes) is 1. The Balaban J connectivity index is 2.77. The fourth-order valence-electron chi connectivity index (χ4n) is 1.99. The summed E-state index contributed by atoms with van der Waals surface area (Å²) in [5, 5.41) is 9.05. The molecular formula is C14H24N2O2. The third-order valence-electron chi connectivity index (χ3n) is 2.95. The van der Waals surface area contributed by atoms with Crippen LogP contribution in [0.15, 0.2) is 18.3 Å². The minimum atomic E-state index is 0.0178. The van der Waals surface area contributed by atoms with Crippen molar-refractivity contribution in [1.29, 1.82) is 0 Å². The third-order valence-corrected chi connectivity index (χ3v) is 2.95. The van der Waals surface area contributed by atoms with E-state index in [9.17, 15) is 4.79 Å². The summed E-state index contributed by atoms with van der Waals surface area (Å²) in [5.41, 5.74) is 0.724. The minimum Gasteiger partial charge on any atom is -0.395 e. The number of hydrogen-bond acceptors (Lipinski definition) is 2. The summed E-state index contributed by atoms with van der Waals surface area (Å²) >= 11 is 0. The van der Waals surface area contributed by atoms with Crippen LogP contribution < -0.4 is 0 Å². The van der Waals surface area contributed by atoms with Gasteiger partial charge in [0.15, 0.2) is 0 Å². The molecule has 0 aliphatic carbocycles. The predicted molar refractivity (Wildman–Crippen MR) is 72.6 cm³/mol. The molecule has 0 aromatic carbocycles. The van der Waals surface area contributed by atoms with Crippen molar-refractivity contribution in [2.45, 2.75) is 39.7 Å². The van der Waals surface area contributed by atoms with Crippen molar-refractivity contribution in [2.75, 3.05) is 19.7 Å². The first kappa shape index (κ1) is 14.8. The Hall–Kier alpha value is -1.29. The zero-order valence-corrected chi connectivity index (χ0v) is 11.4. The van der Waals surface area contributed by atoms with Crippen LogP contribution in [-0.4, -0.2) is 40.2 Å². The summed E-state index contributed by atoms with van der Waals surface area (Å²) in [4.78, 5) is 14.1. The zero-order chi connectivity index (χ0) is 13.4. The largest absolute Gasteiger partial charge is 0.395 e. The number of nitrogens with zero attached hydrogens (tertiary/aromatic N) is 2. The van der Waals surface area contributed by atoms with Crippen molar-refractivity contribution < 1.29 is 9.90 Å². The molecule has 0 atom stereocenters. The summed E-state index contributed by atoms with van der Waals surface area (Å²) < 4.78 is 1.98. The van der Waals surface area contributed by atoms with Crippen LogP contribution in [0, 0.1) is 0 Å². The molecule has 1 aromatic rings. The number of aromatic nitrogens is 1. The third kappa shape index (κ3) is 3.88. The number of carbonyl (C=O) groups excluding carboxylic acids is 1. The maximum absolute atomic E-state index is 12.4. The monoisotopic (exact) mass is 252 g/mol. The van der Waals surface area contributed by atoms with E-state index < -0.39 is 0 Å². The molecule has 0 radical (unpaired) electrons. The first-order chi connectivity index (χ1) is 8.74. The lowest BCUT2D eigenvalue weighted by Gasteiger charge is -2.22. The van der Waals surface area contributed by atoms with Crippen LogP contribution in [-0.2, 0) is 6.54 Å². The van der Waals surface area contributed by atoms with E-state index in [4.69, 9.17) is 5.11 Å². The Labute approximate surface area is 109 Å². The SMILES string of the molecule is CCCCN(CCO)C(=O)c1cccn1CCC. The van der Waals surface area contributed by atoms with E-state index in [2.05, 4.69) is 13.8 Å². The van der Waals surface area contributed by atoms with Crippen LogP contribution in [0.1, 0.15) is 43.6 Å². The number of aliphatic hydroxyl groups excluding tert-OH is 1. The van der Waals surface area contributed by atoms with E-state index in [1.54, 1.807) is 4.90 Å². The minimum absolute atomic E-state index is 0.0178. The predicted octanol–water partition coefficient (Wildman–Crippen LogP) is 2.13. The van der Waals surface area contributed by atoms with Crippen LogP contribution in [0.25, 0.3) is 0 Å². The number of aryl methyl sites for hydroxylation is 1. The van der Waals surface area contributed by atoms with Crippen molar-refractivity contribution in [2.24, 2.45) is 0 Å². The molecule has 0 fully saturated rings. The smallest absolute Gasteiger partial charge is 0.270 e. The van der Waals surface area contributed by atoms with Crippen molar-refractivity contribution >= 4 is 5.91 Å². The van der Waals surface area contributed by atoms with Crippen LogP contribution >= 0.6 is 0 Å². The number of hydrogen-bond donors (Lipinski definition) is 1. The molecule has 4 nitrogen and oxygen atoms in total. The summed E-state index contributed by atoms with van der Waals surface area (Å²) in [5.74, 6) is 0.0240. The molecule has 0 aliphatic heterocycles. The van der Waals surface area contributed by atoms with Gasteiger partial charge in [-0.05, 0) is 25.0 Å². The maximum Gasteiger partial charge on any atom is 0.270 e. The Morgan fingerprint density at radius 2 is 2.11 bits per heavy atom. The number of carbonyl (C=O) groups is 1. The molecule has 0 aliphatic rings. The summed E-state index contributed by atoms with van der Waals surface area (Å²) in [6.45, 7) is 6.19. The van der Waals surface area contributed by atoms with Gasteiger partial charge in [-0.3, -0.25) is 4.79 Å². The van der Waals surface area contributed by atoms with E-state index in [1.807, 2.05) is 22.9 Å². The van der Waals surface area contributed by atoms with Gasteiger partial charge in [0.1, 0.15) is 5.69 Å². The van der Waals surface area contributed by atoms with Crippen LogP contribution in [0.2, 0.25) is 0 Å². The molecule has 0 saturated carbocycles. The molecule has 1 rings (SSSR count). The van der Waals surface area contributed by atoms with Crippen molar-refractivity contribution in [3.05, 3.63) is 24.0 Å². The van der Waals surface area contributed by atoms with Gasteiger partial charge in [-0.1, -0.05) is 20.3 Å². The van der Waals surface area contributed by atoms with Crippen LogP contribution in [0.5, 0.6) is 0 Å². The molecule has 0 unspecified atom stereocenters. The van der Waals surface area contributed by atoms with Crippen LogP contribution in [0.4, 0.5) is 0 Å². The standard InChI is InChI=1S/C14H24N2O2/c1-3-5-9-16(11-12-17)14(18)13-7-6-10-15(13)8-4-2/h6-7,10,17H,3-5,8-9,11-12H2,1-2H3. The van der Waals surface area contributed by atoms with E-state index in [0.29, 0.717) is 13.1 Å². The van der Waals surface area contributed by atoms with Gasteiger partial charge < -0.3 is 14.6 Å². The summed E-state index contributed by atoms with van der Waals surface area (Å²) in [6, 6.07) is 3.76. The van der Waals surface area contributed by atoms with Gasteiger partial charge in [0.2, 0.25) is 0 Å². The quantitative estimate of drug-likeness (QED) is 0.770. The maximum atomic E-state index is 12.4. The normalized spacial score (nSPS) is 10.6. The molecule has 0 saturated heterocycles. The van der Waals surface area contributed by atoms with E-state index in [-0.39, 0.29) is 12.5 Å².